The Morgan fingerprint density at radius 1 is 1.06 bits per heavy atom. The van der Waals surface area contributed by atoms with Crippen LogP contribution in [0, 0.1) is 0 Å². The molecule has 3 amide bonds. The van der Waals surface area contributed by atoms with Gasteiger partial charge in [-0.1, -0.05) is 24.3 Å². The van der Waals surface area contributed by atoms with Crippen LogP contribution in [0.4, 0.5) is 4.79 Å². The van der Waals surface area contributed by atoms with Crippen LogP contribution in [0.25, 0.3) is 0 Å². The van der Waals surface area contributed by atoms with Gasteiger partial charge in [-0.15, -0.1) is 0 Å². The third kappa shape index (κ3) is 3.86. The van der Waals surface area contributed by atoms with E-state index in [0.29, 0.717) is 12.2 Å². The number of hydrogen-bond acceptors (Lipinski definition) is 5. The summed E-state index contributed by atoms with van der Waals surface area (Å²) >= 11 is 0. The van der Waals surface area contributed by atoms with Crippen molar-refractivity contribution in [1.29, 1.82) is 0 Å². The van der Waals surface area contributed by atoms with Crippen LogP contribution in [0.2, 0.25) is 0 Å². The third-order valence-electron chi connectivity index (χ3n) is 6.09. The van der Waals surface area contributed by atoms with Gasteiger partial charge in [0.1, 0.15) is 17.9 Å². The first-order valence-electron chi connectivity index (χ1n) is 10.6. The molecule has 8 nitrogen and oxygen atoms in total. The number of fused-ring (bicyclic) bond motifs is 2. The van der Waals surface area contributed by atoms with E-state index in [0.717, 1.165) is 34.7 Å². The van der Waals surface area contributed by atoms with Gasteiger partial charge < -0.3 is 10.1 Å². The van der Waals surface area contributed by atoms with Gasteiger partial charge in [0, 0.05) is 14.1 Å². The molecule has 1 fully saturated rings. The number of carbonyl (C=O) groups is 2. The summed E-state index contributed by atoms with van der Waals surface area (Å²) in [5.74, 6) is 0.220. The first-order chi connectivity index (χ1) is 15.3. The molecule has 1 aliphatic heterocycles. The lowest BCUT2D eigenvalue weighted by Crippen LogP contribution is -2.44. The van der Waals surface area contributed by atoms with Crippen molar-refractivity contribution in [2.45, 2.75) is 36.1 Å². The van der Waals surface area contributed by atoms with Crippen molar-refractivity contribution >= 4 is 22.0 Å². The number of nitrogens with zero attached hydrogens (tertiary/aromatic N) is 2. The number of imide groups is 1. The summed E-state index contributed by atoms with van der Waals surface area (Å²) < 4.78 is 31.1. The number of benzene rings is 2. The second kappa shape index (κ2) is 8.55. The molecule has 0 radical (unpaired) electrons. The predicted octanol–water partition coefficient (Wildman–Crippen LogP) is 2.49. The van der Waals surface area contributed by atoms with Crippen molar-refractivity contribution < 1.29 is 22.7 Å². The highest BCUT2D eigenvalue weighted by atomic mass is 32.2. The first kappa shape index (κ1) is 22.3. The quantitative estimate of drug-likeness (QED) is 0.673. The zero-order valence-corrected chi connectivity index (χ0v) is 19.0. The Balaban J connectivity index is 1.44. The van der Waals surface area contributed by atoms with Gasteiger partial charge in [-0.25, -0.2) is 17.5 Å². The van der Waals surface area contributed by atoms with Crippen LogP contribution in [-0.4, -0.2) is 56.8 Å². The van der Waals surface area contributed by atoms with Crippen molar-refractivity contribution in [3.63, 3.8) is 0 Å². The van der Waals surface area contributed by atoms with Crippen molar-refractivity contribution in [3.05, 3.63) is 59.7 Å². The molecule has 1 spiro atoms. The number of amides is 3. The normalized spacial score (nSPS) is 20.9. The Hall–Kier alpha value is -2.91. The van der Waals surface area contributed by atoms with Crippen LogP contribution in [0.1, 0.15) is 30.4 Å². The molecule has 0 unspecified atom stereocenters. The smallest absolute Gasteiger partial charge is 0.325 e. The lowest BCUT2D eigenvalue weighted by atomic mass is 9.84. The summed E-state index contributed by atoms with van der Waals surface area (Å²) in [6, 6.07) is 13.5. The molecule has 0 aromatic heterocycles. The van der Waals surface area contributed by atoms with Crippen molar-refractivity contribution in [2.24, 2.45) is 0 Å². The summed E-state index contributed by atoms with van der Waals surface area (Å²) in [6.07, 6.45) is 3.30. The van der Waals surface area contributed by atoms with E-state index in [4.69, 9.17) is 4.74 Å². The van der Waals surface area contributed by atoms with E-state index < -0.39 is 21.6 Å². The molecule has 1 atom stereocenters. The zero-order valence-electron chi connectivity index (χ0n) is 18.2. The Morgan fingerprint density at radius 3 is 2.50 bits per heavy atom. The highest BCUT2D eigenvalue weighted by Crippen LogP contribution is 2.38. The monoisotopic (exact) mass is 457 g/mol. The van der Waals surface area contributed by atoms with Gasteiger partial charge in [0.25, 0.3) is 5.91 Å². The summed E-state index contributed by atoms with van der Waals surface area (Å²) in [6.45, 7) is 0.211. The van der Waals surface area contributed by atoms with Gasteiger partial charge in [0.15, 0.2) is 0 Å². The summed E-state index contributed by atoms with van der Waals surface area (Å²) in [4.78, 5) is 27.5. The van der Waals surface area contributed by atoms with Crippen LogP contribution in [-0.2, 0) is 26.8 Å². The fourth-order valence-corrected chi connectivity index (χ4v) is 5.25. The van der Waals surface area contributed by atoms with Gasteiger partial charge in [-0.3, -0.25) is 9.69 Å². The number of urea groups is 1. The van der Waals surface area contributed by atoms with E-state index in [1.54, 1.807) is 12.1 Å². The molecule has 1 saturated heterocycles. The number of rotatable bonds is 6. The molecule has 1 N–H and O–H groups in total. The summed E-state index contributed by atoms with van der Waals surface area (Å²) in [7, 11) is -0.574. The number of aryl methyl sites for hydroxylation is 1. The van der Waals surface area contributed by atoms with Crippen LogP contribution in [0.3, 0.4) is 0 Å². The largest absolute Gasteiger partial charge is 0.492 e. The number of carbonyl (C=O) groups excluding carboxylic acids is 2. The van der Waals surface area contributed by atoms with Crippen LogP contribution in [0.5, 0.6) is 5.75 Å². The molecular formula is C23H27N3O5S. The van der Waals surface area contributed by atoms with E-state index in [1.165, 1.54) is 31.1 Å². The van der Waals surface area contributed by atoms with Crippen LogP contribution < -0.4 is 10.1 Å². The van der Waals surface area contributed by atoms with Gasteiger partial charge in [0.05, 0.1) is 11.4 Å². The van der Waals surface area contributed by atoms with Crippen LogP contribution >= 0.6 is 0 Å². The average Bonchev–Trinajstić information content (AvgIpc) is 2.91. The number of sulfonamides is 1. The SMILES string of the molecule is CN(C)S(=O)(=O)c1ccc(OCCN2C(=O)N[C@]3(CCCCc4ccccc43)C2=O)cc1. The summed E-state index contributed by atoms with van der Waals surface area (Å²) in [5.41, 5.74) is 0.980. The second-order valence-corrected chi connectivity index (χ2v) is 10.4. The standard InChI is InChI=1S/C23H27N3O5S/c1-25(2)32(29,30)19-12-10-18(11-13-19)31-16-15-26-21(27)23(24-22(26)28)14-6-5-8-17-7-3-4-9-20(17)23/h3-4,7,9-13H,5-6,8,14-16H2,1-2H3,(H,24,28)/t23-/m0/s1. The number of ether oxygens (including phenoxy) is 1. The molecule has 2 aliphatic rings. The molecule has 2 aromatic carbocycles. The molecule has 1 heterocycles. The average molecular weight is 458 g/mol. The molecule has 0 bridgehead atoms. The fourth-order valence-electron chi connectivity index (χ4n) is 4.35. The molecule has 2 aromatic rings. The number of hydrogen-bond donors (Lipinski definition) is 1. The van der Waals surface area contributed by atoms with E-state index in [2.05, 4.69) is 5.32 Å². The molecular weight excluding hydrogens is 430 g/mol. The van der Waals surface area contributed by atoms with E-state index in [1.807, 2.05) is 24.3 Å². The minimum Gasteiger partial charge on any atom is -0.492 e. The maximum Gasteiger partial charge on any atom is 0.325 e. The third-order valence-corrected chi connectivity index (χ3v) is 7.92. The molecule has 9 heteroatoms. The molecule has 1 aliphatic carbocycles. The topological polar surface area (TPSA) is 96.0 Å². The van der Waals surface area contributed by atoms with Gasteiger partial charge in [-0.05, 0) is 61.1 Å². The molecule has 0 saturated carbocycles. The zero-order chi connectivity index (χ0) is 22.9. The Morgan fingerprint density at radius 2 is 1.78 bits per heavy atom. The minimum atomic E-state index is -3.51. The fraction of sp³-hybridized carbons (Fsp3) is 0.391. The Kier molecular flexibility index (Phi) is 5.96. The first-order valence-corrected chi connectivity index (χ1v) is 12.1. The highest BCUT2D eigenvalue weighted by molar-refractivity contribution is 7.89. The second-order valence-electron chi connectivity index (χ2n) is 8.26. The maximum absolute atomic E-state index is 13.4. The maximum atomic E-state index is 13.4. The Bertz CT molecular complexity index is 1130. The molecule has 32 heavy (non-hydrogen) atoms. The predicted molar refractivity (Wildman–Crippen MR) is 119 cm³/mol. The molecule has 4 rings (SSSR count). The number of nitrogens with one attached hydrogen (secondary N) is 1. The van der Waals surface area contributed by atoms with E-state index >= 15 is 0 Å². The van der Waals surface area contributed by atoms with Crippen molar-refractivity contribution in [1.82, 2.24) is 14.5 Å². The van der Waals surface area contributed by atoms with Gasteiger partial charge >= 0.3 is 6.03 Å². The molecule has 170 valence electrons. The highest BCUT2D eigenvalue weighted by Gasteiger charge is 2.53. The Labute approximate surface area is 188 Å². The minimum absolute atomic E-state index is 0.104. The summed E-state index contributed by atoms with van der Waals surface area (Å²) in [5, 5.41) is 2.96. The van der Waals surface area contributed by atoms with E-state index in [9.17, 15) is 18.0 Å². The van der Waals surface area contributed by atoms with Gasteiger partial charge in [0.2, 0.25) is 10.0 Å². The van der Waals surface area contributed by atoms with Crippen molar-refractivity contribution in [3.8, 4) is 5.75 Å². The van der Waals surface area contributed by atoms with Crippen LogP contribution in [0.15, 0.2) is 53.4 Å². The lowest BCUT2D eigenvalue weighted by molar-refractivity contribution is -0.132. The van der Waals surface area contributed by atoms with E-state index in [-0.39, 0.29) is 24.0 Å². The van der Waals surface area contributed by atoms with Gasteiger partial charge in [-0.2, -0.15) is 0 Å². The van der Waals surface area contributed by atoms with Crippen molar-refractivity contribution in [2.75, 3.05) is 27.2 Å². The lowest BCUT2D eigenvalue weighted by Gasteiger charge is -2.27.